The summed E-state index contributed by atoms with van der Waals surface area (Å²) in [6.07, 6.45) is 13.8. The van der Waals surface area contributed by atoms with Gasteiger partial charge in [0.05, 0.1) is 19.3 Å². The molecule has 1 saturated heterocycles. The molecule has 2 atom stereocenters. The van der Waals surface area contributed by atoms with E-state index in [4.69, 9.17) is 9.47 Å². The van der Waals surface area contributed by atoms with Gasteiger partial charge in [-0.15, -0.1) is 0 Å². The molecule has 3 aromatic carbocycles. The summed E-state index contributed by atoms with van der Waals surface area (Å²) < 4.78 is 56.2. The van der Waals surface area contributed by atoms with E-state index in [2.05, 4.69) is 6.92 Å². The van der Waals surface area contributed by atoms with Gasteiger partial charge in [0.15, 0.2) is 11.6 Å². The van der Waals surface area contributed by atoms with Gasteiger partial charge in [0, 0.05) is 11.5 Å². The van der Waals surface area contributed by atoms with Gasteiger partial charge < -0.3 is 9.47 Å². The fraction of sp³-hybridized carbons (Fsp3) is 0.429. The van der Waals surface area contributed by atoms with Crippen LogP contribution in [0.1, 0.15) is 83.1 Å². The molecular formula is C35H41F3O2. The molecule has 0 saturated carbocycles. The van der Waals surface area contributed by atoms with Crippen LogP contribution in [0.15, 0.2) is 66.7 Å². The summed E-state index contributed by atoms with van der Waals surface area (Å²) >= 11 is 0. The van der Waals surface area contributed by atoms with E-state index in [0.29, 0.717) is 24.3 Å². The summed E-state index contributed by atoms with van der Waals surface area (Å²) in [6, 6.07) is 15.4. The third-order valence-corrected chi connectivity index (χ3v) is 7.74. The van der Waals surface area contributed by atoms with Crippen molar-refractivity contribution in [1.29, 1.82) is 0 Å². The lowest BCUT2D eigenvalue weighted by Crippen LogP contribution is -2.23. The number of allylic oxidation sites excluding steroid dienone is 1. The summed E-state index contributed by atoms with van der Waals surface area (Å²) in [5.41, 5.74) is 2.93. The van der Waals surface area contributed by atoms with Crippen molar-refractivity contribution in [1.82, 2.24) is 0 Å². The standard InChI is InChI=1S/C35H41F3O2/c1-3-5-6-7-8-9-10-22-39-33-21-20-31(34(37)35(33)38)26-14-12-25(13-15-26)27-17-19-30(32(36)23-27)28-16-18-29(11-4-2)40-24-28/h4,11-15,17,19-21,23,28-29H,3,5-10,16,18,22,24H2,1-2H3. The molecule has 0 aromatic heterocycles. The molecule has 5 heteroatoms. The molecule has 1 heterocycles. The Morgan fingerprint density at radius 3 is 2.17 bits per heavy atom. The van der Waals surface area contributed by atoms with Crippen LogP contribution in [0.5, 0.6) is 5.75 Å². The van der Waals surface area contributed by atoms with Gasteiger partial charge in [-0.3, -0.25) is 0 Å². The van der Waals surface area contributed by atoms with Crippen molar-refractivity contribution in [3.05, 3.63) is 89.8 Å². The SMILES string of the molecule is CC=CC1CCC(c2ccc(-c3ccc(-c4ccc(OCCCCCCCCC)c(F)c4F)cc3)cc2F)CO1. The average Bonchev–Trinajstić information content (AvgIpc) is 2.97. The van der Waals surface area contributed by atoms with Gasteiger partial charge in [-0.05, 0) is 66.6 Å². The zero-order valence-electron chi connectivity index (χ0n) is 23.7. The van der Waals surface area contributed by atoms with Crippen molar-refractivity contribution in [3.8, 4) is 28.0 Å². The van der Waals surface area contributed by atoms with Crippen LogP contribution in [0.3, 0.4) is 0 Å². The first-order valence-electron chi connectivity index (χ1n) is 14.8. The summed E-state index contributed by atoms with van der Waals surface area (Å²) in [6.45, 7) is 5.04. The molecule has 40 heavy (non-hydrogen) atoms. The maximum atomic E-state index is 15.1. The van der Waals surface area contributed by atoms with Gasteiger partial charge in [0.2, 0.25) is 5.82 Å². The van der Waals surface area contributed by atoms with Crippen LogP contribution in [0.4, 0.5) is 13.2 Å². The summed E-state index contributed by atoms with van der Waals surface area (Å²) in [4.78, 5) is 0. The first kappa shape index (κ1) is 29.9. The molecule has 4 rings (SSSR count). The van der Waals surface area contributed by atoms with Gasteiger partial charge in [0.25, 0.3) is 0 Å². The topological polar surface area (TPSA) is 18.5 Å². The van der Waals surface area contributed by atoms with Crippen LogP contribution in [0.25, 0.3) is 22.3 Å². The quantitative estimate of drug-likeness (QED) is 0.156. The second-order valence-corrected chi connectivity index (χ2v) is 10.7. The summed E-state index contributed by atoms with van der Waals surface area (Å²) in [5, 5.41) is 0. The minimum atomic E-state index is -0.967. The molecule has 2 nitrogen and oxygen atoms in total. The normalized spacial score (nSPS) is 17.4. The highest BCUT2D eigenvalue weighted by atomic mass is 19.2. The van der Waals surface area contributed by atoms with Crippen molar-refractivity contribution >= 4 is 0 Å². The largest absolute Gasteiger partial charge is 0.490 e. The van der Waals surface area contributed by atoms with Gasteiger partial charge in [-0.2, -0.15) is 4.39 Å². The number of benzene rings is 3. The molecule has 2 unspecified atom stereocenters. The lowest BCUT2D eigenvalue weighted by Gasteiger charge is -2.28. The second kappa shape index (κ2) is 15.1. The highest BCUT2D eigenvalue weighted by Crippen LogP contribution is 2.34. The van der Waals surface area contributed by atoms with Crippen molar-refractivity contribution in [2.75, 3.05) is 13.2 Å². The first-order chi connectivity index (χ1) is 19.5. The molecular weight excluding hydrogens is 509 g/mol. The Hall–Kier alpha value is -3.05. The zero-order chi connectivity index (χ0) is 28.3. The summed E-state index contributed by atoms with van der Waals surface area (Å²) in [7, 11) is 0. The molecule has 1 fully saturated rings. The average molecular weight is 551 g/mol. The van der Waals surface area contributed by atoms with Crippen LogP contribution in [-0.4, -0.2) is 19.3 Å². The fourth-order valence-corrected chi connectivity index (χ4v) is 5.37. The van der Waals surface area contributed by atoms with Crippen LogP contribution in [0, 0.1) is 17.5 Å². The lowest BCUT2D eigenvalue weighted by molar-refractivity contribution is 0.0319. The zero-order valence-corrected chi connectivity index (χ0v) is 23.7. The maximum Gasteiger partial charge on any atom is 0.201 e. The molecule has 3 aromatic rings. The molecule has 0 aliphatic carbocycles. The number of halogens is 3. The number of hydrogen-bond acceptors (Lipinski definition) is 2. The number of hydrogen-bond donors (Lipinski definition) is 0. The third-order valence-electron chi connectivity index (χ3n) is 7.74. The van der Waals surface area contributed by atoms with E-state index < -0.39 is 11.6 Å². The Morgan fingerprint density at radius 1 is 0.800 bits per heavy atom. The molecule has 214 valence electrons. The van der Waals surface area contributed by atoms with E-state index in [0.717, 1.165) is 43.2 Å². The molecule has 0 radical (unpaired) electrons. The highest BCUT2D eigenvalue weighted by Gasteiger charge is 2.24. The first-order valence-corrected chi connectivity index (χ1v) is 14.8. The van der Waals surface area contributed by atoms with Crippen LogP contribution in [0.2, 0.25) is 0 Å². The number of ether oxygens (including phenoxy) is 2. The van der Waals surface area contributed by atoms with E-state index in [9.17, 15) is 8.78 Å². The predicted molar refractivity (Wildman–Crippen MR) is 157 cm³/mol. The minimum Gasteiger partial charge on any atom is -0.490 e. The summed E-state index contributed by atoms with van der Waals surface area (Å²) in [5.74, 6) is -2.16. The van der Waals surface area contributed by atoms with Crippen LogP contribution in [-0.2, 0) is 4.74 Å². The molecule has 1 aliphatic rings. The Labute approximate surface area is 237 Å². The lowest BCUT2D eigenvalue weighted by atomic mass is 9.89. The van der Waals surface area contributed by atoms with Crippen LogP contribution < -0.4 is 4.74 Å². The molecule has 0 N–H and O–H groups in total. The minimum absolute atomic E-state index is 0.0401. The monoisotopic (exact) mass is 550 g/mol. The second-order valence-electron chi connectivity index (χ2n) is 10.7. The fourth-order valence-electron chi connectivity index (χ4n) is 5.37. The molecule has 0 spiro atoms. The van der Waals surface area contributed by atoms with Crippen LogP contribution >= 0.6 is 0 Å². The highest BCUT2D eigenvalue weighted by molar-refractivity contribution is 5.71. The Kier molecular flexibility index (Phi) is 11.3. The Balaban J connectivity index is 1.36. The van der Waals surface area contributed by atoms with Crippen molar-refractivity contribution in [2.45, 2.75) is 83.7 Å². The number of unbranched alkanes of at least 4 members (excludes halogenated alkanes) is 6. The van der Waals surface area contributed by atoms with E-state index in [-0.39, 0.29) is 29.2 Å². The molecule has 0 amide bonds. The smallest absolute Gasteiger partial charge is 0.201 e. The van der Waals surface area contributed by atoms with E-state index in [1.54, 1.807) is 36.4 Å². The van der Waals surface area contributed by atoms with E-state index >= 15 is 4.39 Å². The molecule has 0 bridgehead atoms. The molecule has 1 aliphatic heterocycles. The van der Waals surface area contributed by atoms with Gasteiger partial charge >= 0.3 is 0 Å². The number of rotatable bonds is 13. The van der Waals surface area contributed by atoms with Gasteiger partial charge in [0.1, 0.15) is 5.82 Å². The Morgan fingerprint density at radius 2 is 1.50 bits per heavy atom. The van der Waals surface area contributed by atoms with Crippen molar-refractivity contribution in [3.63, 3.8) is 0 Å². The predicted octanol–water partition coefficient (Wildman–Crippen LogP) is 10.4. The van der Waals surface area contributed by atoms with Crippen molar-refractivity contribution < 1.29 is 22.6 Å². The maximum absolute atomic E-state index is 15.1. The van der Waals surface area contributed by atoms with Crippen molar-refractivity contribution in [2.24, 2.45) is 0 Å². The van der Waals surface area contributed by atoms with E-state index in [1.165, 1.54) is 31.7 Å². The van der Waals surface area contributed by atoms with Gasteiger partial charge in [-0.25, -0.2) is 8.78 Å². The van der Waals surface area contributed by atoms with E-state index in [1.807, 2.05) is 31.2 Å². The third kappa shape index (κ3) is 7.78. The Bertz CT molecular complexity index is 1240. The van der Waals surface area contributed by atoms with Gasteiger partial charge in [-0.1, -0.05) is 94.0 Å².